The molecule has 3 rings (SSSR count). The van der Waals surface area contributed by atoms with Gasteiger partial charge in [-0.2, -0.15) is 5.10 Å². The van der Waals surface area contributed by atoms with Gasteiger partial charge in [-0.3, -0.25) is 9.48 Å². The molecule has 0 N–H and O–H groups in total. The van der Waals surface area contributed by atoms with Gasteiger partial charge in [0.1, 0.15) is 5.82 Å². The van der Waals surface area contributed by atoms with Gasteiger partial charge in [-0.1, -0.05) is 18.2 Å². The van der Waals surface area contributed by atoms with E-state index < -0.39 is 9.84 Å². The number of aromatic nitrogens is 2. The molecule has 0 unspecified atom stereocenters. The van der Waals surface area contributed by atoms with E-state index in [1.54, 1.807) is 34.8 Å². The molecule has 0 aliphatic carbocycles. The zero-order valence-corrected chi connectivity index (χ0v) is 17.3. The zero-order chi connectivity index (χ0) is 20.5. The molecule has 28 heavy (non-hydrogen) atoms. The predicted octanol–water partition coefficient (Wildman–Crippen LogP) is 2.59. The number of aryl methyl sites for hydroxylation is 2. The number of carbonyl (C=O) groups excluding carboxylic acids is 1. The van der Waals surface area contributed by atoms with E-state index in [0.29, 0.717) is 24.9 Å². The Labute approximate surface area is 165 Å². The molecule has 1 amide bonds. The van der Waals surface area contributed by atoms with Crippen LogP contribution in [0.3, 0.4) is 0 Å². The second kappa shape index (κ2) is 8.03. The van der Waals surface area contributed by atoms with E-state index in [2.05, 4.69) is 5.10 Å². The predicted molar refractivity (Wildman–Crippen MR) is 105 cm³/mol. The summed E-state index contributed by atoms with van der Waals surface area (Å²) in [4.78, 5) is 14.1. The number of benzene rings is 1. The molecule has 1 fully saturated rings. The third-order valence-corrected chi connectivity index (χ3v) is 7.17. The van der Waals surface area contributed by atoms with Crippen molar-refractivity contribution < 1.29 is 17.6 Å². The van der Waals surface area contributed by atoms with Crippen LogP contribution in [0, 0.1) is 19.7 Å². The average molecular weight is 408 g/mol. The van der Waals surface area contributed by atoms with Crippen molar-refractivity contribution in [1.82, 2.24) is 14.7 Å². The van der Waals surface area contributed by atoms with Crippen LogP contribution in [-0.4, -0.2) is 47.6 Å². The number of hydrogen-bond donors (Lipinski definition) is 0. The molecule has 1 aliphatic rings. The minimum absolute atomic E-state index is 0.0711. The van der Waals surface area contributed by atoms with E-state index in [9.17, 15) is 17.6 Å². The van der Waals surface area contributed by atoms with Crippen molar-refractivity contribution >= 4 is 15.7 Å². The maximum Gasteiger partial charge on any atom is 0.222 e. The van der Waals surface area contributed by atoms with Crippen molar-refractivity contribution in [2.24, 2.45) is 0 Å². The van der Waals surface area contributed by atoms with Crippen molar-refractivity contribution in [3.63, 3.8) is 0 Å². The first-order valence-electron chi connectivity index (χ1n) is 9.40. The van der Waals surface area contributed by atoms with Crippen molar-refractivity contribution in [3.05, 3.63) is 52.6 Å². The zero-order valence-electron chi connectivity index (χ0n) is 16.5. The molecule has 0 bridgehead atoms. The lowest BCUT2D eigenvalue weighted by molar-refractivity contribution is -0.130. The summed E-state index contributed by atoms with van der Waals surface area (Å²) in [6, 6.07) is 6.34. The van der Waals surface area contributed by atoms with E-state index in [0.717, 1.165) is 17.0 Å². The van der Waals surface area contributed by atoms with Gasteiger partial charge in [0.05, 0.1) is 23.2 Å². The van der Waals surface area contributed by atoms with E-state index >= 15 is 0 Å². The second-order valence-electron chi connectivity index (χ2n) is 7.49. The highest BCUT2D eigenvalue weighted by atomic mass is 32.2. The number of carbonyl (C=O) groups is 1. The Kier molecular flexibility index (Phi) is 5.88. The smallest absolute Gasteiger partial charge is 0.222 e. The Bertz CT molecular complexity index is 985. The lowest BCUT2D eigenvalue weighted by atomic mass is 10.1. The molecule has 2 heterocycles. The van der Waals surface area contributed by atoms with Gasteiger partial charge in [-0.25, -0.2) is 12.8 Å². The molecule has 0 spiro atoms. The Hall–Kier alpha value is -2.22. The van der Waals surface area contributed by atoms with E-state index in [1.165, 1.54) is 6.07 Å². The van der Waals surface area contributed by atoms with Crippen molar-refractivity contribution in [3.8, 4) is 0 Å². The SMILES string of the molecule is Cc1nn([C@@H]2CCS(=O)(=O)C2)c(C)c1CN(C)C(=O)CCc1ccccc1F. The number of halogens is 1. The molecule has 2 aromatic rings. The largest absolute Gasteiger partial charge is 0.341 e. The Morgan fingerprint density at radius 3 is 2.68 bits per heavy atom. The first-order chi connectivity index (χ1) is 13.2. The number of rotatable bonds is 6. The standard InChI is InChI=1S/C20H26FN3O3S/c1-14-18(15(2)24(22-14)17-10-11-28(26,27)13-17)12-23(3)20(25)9-8-16-6-4-5-7-19(16)21/h4-7,17H,8-13H2,1-3H3/t17-/m1/s1. The lowest BCUT2D eigenvalue weighted by Crippen LogP contribution is -2.27. The van der Waals surface area contributed by atoms with Crippen LogP contribution in [0.2, 0.25) is 0 Å². The highest BCUT2D eigenvalue weighted by Crippen LogP contribution is 2.27. The third kappa shape index (κ3) is 4.43. The summed E-state index contributed by atoms with van der Waals surface area (Å²) in [6.07, 6.45) is 1.15. The molecular formula is C20H26FN3O3S. The fourth-order valence-electron chi connectivity index (χ4n) is 3.71. The molecule has 8 heteroatoms. The van der Waals surface area contributed by atoms with Gasteiger partial charge in [-0.05, 0) is 38.3 Å². The van der Waals surface area contributed by atoms with Crippen molar-refractivity contribution in [2.45, 2.75) is 45.7 Å². The summed E-state index contributed by atoms with van der Waals surface area (Å²) < 4.78 is 39.1. The van der Waals surface area contributed by atoms with Crippen molar-refractivity contribution in [1.29, 1.82) is 0 Å². The van der Waals surface area contributed by atoms with E-state index in [1.807, 2.05) is 13.8 Å². The first kappa shape index (κ1) is 20.5. The van der Waals surface area contributed by atoms with Gasteiger partial charge < -0.3 is 4.90 Å². The summed E-state index contributed by atoms with van der Waals surface area (Å²) in [5.74, 6) is -0.0540. The summed E-state index contributed by atoms with van der Waals surface area (Å²) >= 11 is 0. The van der Waals surface area contributed by atoms with E-state index in [-0.39, 0.29) is 35.7 Å². The van der Waals surface area contributed by atoms with E-state index in [4.69, 9.17) is 0 Å². The minimum atomic E-state index is -2.99. The highest BCUT2D eigenvalue weighted by molar-refractivity contribution is 7.91. The van der Waals surface area contributed by atoms with Gasteiger partial charge in [0.2, 0.25) is 5.91 Å². The molecule has 1 aromatic heterocycles. The van der Waals surface area contributed by atoms with Crippen LogP contribution in [0.25, 0.3) is 0 Å². The molecule has 1 aliphatic heterocycles. The van der Waals surface area contributed by atoms with Gasteiger partial charge >= 0.3 is 0 Å². The third-order valence-electron chi connectivity index (χ3n) is 5.42. The molecule has 152 valence electrons. The molecule has 1 atom stereocenters. The minimum Gasteiger partial charge on any atom is -0.341 e. The summed E-state index contributed by atoms with van der Waals surface area (Å²) in [5.41, 5.74) is 3.17. The van der Waals surface area contributed by atoms with Gasteiger partial charge in [-0.15, -0.1) is 0 Å². The van der Waals surface area contributed by atoms with Crippen LogP contribution < -0.4 is 0 Å². The number of sulfone groups is 1. The van der Waals surface area contributed by atoms with Crippen LogP contribution in [0.5, 0.6) is 0 Å². The summed E-state index contributed by atoms with van der Waals surface area (Å²) in [7, 11) is -1.27. The Balaban J connectivity index is 1.66. The maximum absolute atomic E-state index is 13.7. The van der Waals surface area contributed by atoms with Gasteiger partial charge in [0, 0.05) is 31.3 Å². The molecule has 6 nitrogen and oxygen atoms in total. The first-order valence-corrected chi connectivity index (χ1v) is 11.2. The molecule has 0 radical (unpaired) electrons. The quantitative estimate of drug-likeness (QED) is 0.738. The fourth-order valence-corrected chi connectivity index (χ4v) is 5.40. The molecule has 1 aromatic carbocycles. The van der Waals surface area contributed by atoms with Gasteiger partial charge in [0.15, 0.2) is 9.84 Å². The molecule has 0 saturated carbocycles. The summed E-state index contributed by atoms with van der Waals surface area (Å²) in [5, 5.41) is 4.54. The van der Waals surface area contributed by atoms with Crippen LogP contribution in [0.1, 0.15) is 41.4 Å². The number of hydrogen-bond acceptors (Lipinski definition) is 4. The Morgan fingerprint density at radius 1 is 1.32 bits per heavy atom. The fraction of sp³-hybridized carbons (Fsp3) is 0.500. The van der Waals surface area contributed by atoms with Crippen LogP contribution >= 0.6 is 0 Å². The van der Waals surface area contributed by atoms with Crippen molar-refractivity contribution in [2.75, 3.05) is 18.6 Å². The van der Waals surface area contributed by atoms with Gasteiger partial charge in [0.25, 0.3) is 0 Å². The second-order valence-corrected chi connectivity index (χ2v) is 9.72. The van der Waals surface area contributed by atoms with Crippen LogP contribution in [0.4, 0.5) is 4.39 Å². The maximum atomic E-state index is 13.7. The highest BCUT2D eigenvalue weighted by Gasteiger charge is 2.31. The normalized spacial score (nSPS) is 18.4. The lowest BCUT2D eigenvalue weighted by Gasteiger charge is -2.18. The molecule has 1 saturated heterocycles. The average Bonchev–Trinajstić information content (AvgIpc) is 3.14. The van der Waals surface area contributed by atoms with Crippen LogP contribution in [-0.2, 0) is 27.6 Å². The number of nitrogens with zero attached hydrogens (tertiary/aromatic N) is 3. The number of amides is 1. The monoisotopic (exact) mass is 407 g/mol. The summed E-state index contributed by atoms with van der Waals surface area (Å²) in [6.45, 7) is 4.19. The molecular weight excluding hydrogens is 381 g/mol. The Morgan fingerprint density at radius 2 is 2.04 bits per heavy atom. The topological polar surface area (TPSA) is 72.3 Å². The van der Waals surface area contributed by atoms with Crippen LogP contribution in [0.15, 0.2) is 24.3 Å².